The van der Waals surface area contributed by atoms with Crippen LogP contribution in [0.4, 0.5) is 16.2 Å². The third kappa shape index (κ3) is 3.45. The number of nitrogen functional groups attached to an aromatic ring is 1. The van der Waals surface area contributed by atoms with E-state index < -0.39 is 6.09 Å². The molecule has 2 aromatic rings. The van der Waals surface area contributed by atoms with Gasteiger partial charge in [-0.2, -0.15) is 0 Å². The first-order valence-corrected chi connectivity index (χ1v) is 5.93. The Bertz CT molecular complexity index is 558. The highest BCUT2D eigenvalue weighted by Gasteiger charge is 2.13. The molecule has 0 aliphatic carbocycles. The van der Waals surface area contributed by atoms with Crippen LogP contribution < -0.4 is 10.6 Å². The van der Waals surface area contributed by atoms with Gasteiger partial charge in [0.05, 0.1) is 0 Å². The van der Waals surface area contributed by atoms with Gasteiger partial charge in [0, 0.05) is 36.2 Å². The summed E-state index contributed by atoms with van der Waals surface area (Å²) >= 11 is 0. The Morgan fingerprint density at radius 1 is 1.26 bits per heavy atom. The molecule has 0 aliphatic rings. The molecule has 0 fully saturated rings. The molecule has 0 atom stereocenters. The summed E-state index contributed by atoms with van der Waals surface area (Å²) in [6, 6.07) is 12.5. The number of para-hydroxylation sites is 1. The summed E-state index contributed by atoms with van der Waals surface area (Å²) < 4.78 is 0. The van der Waals surface area contributed by atoms with Crippen LogP contribution >= 0.6 is 0 Å². The molecule has 2 rings (SSSR count). The van der Waals surface area contributed by atoms with E-state index in [4.69, 9.17) is 5.73 Å². The van der Waals surface area contributed by atoms with Crippen molar-refractivity contribution in [3.05, 3.63) is 54.4 Å². The highest BCUT2D eigenvalue weighted by atomic mass is 16.4. The molecule has 5 heteroatoms. The van der Waals surface area contributed by atoms with Crippen molar-refractivity contribution in [3.63, 3.8) is 0 Å². The van der Waals surface area contributed by atoms with Gasteiger partial charge in [0.15, 0.2) is 0 Å². The van der Waals surface area contributed by atoms with Crippen LogP contribution in [0.3, 0.4) is 0 Å². The molecular weight excluding hydrogens is 242 g/mol. The van der Waals surface area contributed by atoms with Crippen molar-refractivity contribution in [3.8, 4) is 0 Å². The number of hydrogen-bond donors (Lipinski definition) is 2. The first kappa shape index (κ1) is 12.9. The molecule has 1 heterocycles. The molecule has 0 aliphatic heterocycles. The van der Waals surface area contributed by atoms with Crippen molar-refractivity contribution in [2.24, 2.45) is 0 Å². The van der Waals surface area contributed by atoms with Crippen molar-refractivity contribution < 1.29 is 9.90 Å². The zero-order chi connectivity index (χ0) is 13.7. The van der Waals surface area contributed by atoms with Crippen LogP contribution in [0.1, 0.15) is 5.69 Å². The molecule has 5 nitrogen and oxygen atoms in total. The molecule has 19 heavy (non-hydrogen) atoms. The van der Waals surface area contributed by atoms with Crippen molar-refractivity contribution >= 4 is 17.5 Å². The largest absolute Gasteiger partial charge is 0.465 e. The first-order valence-electron chi connectivity index (χ1n) is 5.93. The van der Waals surface area contributed by atoms with Crippen LogP contribution in [-0.4, -0.2) is 22.7 Å². The van der Waals surface area contributed by atoms with E-state index in [-0.39, 0.29) is 0 Å². The van der Waals surface area contributed by atoms with E-state index in [9.17, 15) is 9.90 Å². The molecule has 0 saturated heterocycles. The quantitative estimate of drug-likeness (QED) is 0.881. The lowest BCUT2D eigenvalue weighted by atomic mass is 10.2. The molecule has 1 aromatic heterocycles. The van der Waals surface area contributed by atoms with E-state index >= 15 is 0 Å². The fraction of sp³-hybridized carbons (Fsp3) is 0.143. The van der Waals surface area contributed by atoms with Gasteiger partial charge in [-0.3, -0.25) is 9.88 Å². The minimum absolute atomic E-state index is 0.343. The number of anilines is 2. The third-order valence-electron chi connectivity index (χ3n) is 2.73. The topological polar surface area (TPSA) is 79.5 Å². The maximum absolute atomic E-state index is 11.3. The van der Waals surface area contributed by atoms with Crippen LogP contribution in [0.25, 0.3) is 0 Å². The fourth-order valence-corrected chi connectivity index (χ4v) is 1.80. The first-order chi connectivity index (χ1) is 9.16. The summed E-state index contributed by atoms with van der Waals surface area (Å²) in [5.74, 6) is 0. The molecule has 0 saturated carbocycles. The average molecular weight is 257 g/mol. The number of hydrogen-bond acceptors (Lipinski definition) is 3. The minimum Gasteiger partial charge on any atom is -0.465 e. The summed E-state index contributed by atoms with van der Waals surface area (Å²) in [6.45, 7) is 0.343. The van der Waals surface area contributed by atoms with E-state index in [1.54, 1.807) is 30.5 Å². The van der Waals surface area contributed by atoms with Gasteiger partial charge in [-0.05, 0) is 24.3 Å². The Labute approximate surface area is 111 Å². The molecule has 0 spiro atoms. The third-order valence-corrected chi connectivity index (χ3v) is 2.73. The second-order valence-electron chi connectivity index (χ2n) is 4.10. The van der Waals surface area contributed by atoms with Gasteiger partial charge < -0.3 is 10.8 Å². The summed E-state index contributed by atoms with van der Waals surface area (Å²) in [6.07, 6.45) is 1.17. The van der Waals surface area contributed by atoms with E-state index in [1.807, 2.05) is 18.2 Å². The van der Waals surface area contributed by atoms with E-state index in [0.29, 0.717) is 24.3 Å². The number of amides is 1. The second-order valence-corrected chi connectivity index (χ2v) is 4.10. The number of benzene rings is 1. The molecule has 98 valence electrons. The molecule has 1 amide bonds. The van der Waals surface area contributed by atoms with E-state index in [0.717, 1.165) is 5.69 Å². The molecular formula is C14H15N3O2. The molecule has 0 unspecified atom stereocenters. The Morgan fingerprint density at radius 2 is 2.00 bits per heavy atom. The smallest absolute Gasteiger partial charge is 0.411 e. The number of rotatable bonds is 4. The standard InChI is InChI=1S/C14H15N3O2/c15-11-6-8-16-12(10-11)7-9-17(14(18)19)13-4-2-1-3-5-13/h1-6,8,10H,7,9H2,(H2,15,16)(H,18,19). The van der Waals surface area contributed by atoms with Crippen molar-refractivity contribution in [2.75, 3.05) is 17.2 Å². The predicted molar refractivity (Wildman–Crippen MR) is 74.2 cm³/mol. The van der Waals surface area contributed by atoms with Gasteiger partial charge in [0.1, 0.15) is 0 Å². The lowest BCUT2D eigenvalue weighted by molar-refractivity contribution is 0.202. The highest BCUT2D eigenvalue weighted by Crippen LogP contribution is 2.14. The minimum atomic E-state index is -0.977. The Kier molecular flexibility index (Phi) is 3.97. The van der Waals surface area contributed by atoms with E-state index in [2.05, 4.69) is 4.98 Å². The van der Waals surface area contributed by atoms with Crippen molar-refractivity contribution in [1.29, 1.82) is 0 Å². The number of nitrogens with two attached hydrogens (primary N) is 1. The number of carbonyl (C=O) groups is 1. The SMILES string of the molecule is Nc1ccnc(CCN(C(=O)O)c2ccccc2)c1. The van der Waals surface area contributed by atoms with Gasteiger partial charge in [-0.1, -0.05) is 18.2 Å². The van der Waals surface area contributed by atoms with Crippen LogP contribution in [0.5, 0.6) is 0 Å². The zero-order valence-electron chi connectivity index (χ0n) is 10.4. The van der Waals surface area contributed by atoms with Crippen LogP contribution in [0.2, 0.25) is 0 Å². The predicted octanol–water partition coefficient (Wildman–Crippen LogP) is 2.39. The van der Waals surface area contributed by atoms with Crippen LogP contribution in [0.15, 0.2) is 48.7 Å². The van der Waals surface area contributed by atoms with Gasteiger partial charge in [-0.25, -0.2) is 4.79 Å². The van der Waals surface area contributed by atoms with Crippen LogP contribution in [-0.2, 0) is 6.42 Å². The van der Waals surface area contributed by atoms with Gasteiger partial charge in [0.25, 0.3) is 0 Å². The monoisotopic (exact) mass is 257 g/mol. The normalized spacial score (nSPS) is 10.1. The summed E-state index contributed by atoms with van der Waals surface area (Å²) in [7, 11) is 0. The maximum atomic E-state index is 11.3. The number of nitrogens with zero attached hydrogens (tertiary/aromatic N) is 2. The average Bonchev–Trinajstić information content (AvgIpc) is 2.40. The molecule has 0 radical (unpaired) electrons. The molecule has 0 bridgehead atoms. The van der Waals surface area contributed by atoms with Crippen molar-refractivity contribution in [2.45, 2.75) is 6.42 Å². The summed E-state index contributed by atoms with van der Waals surface area (Å²) in [5.41, 5.74) is 7.73. The van der Waals surface area contributed by atoms with Gasteiger partial charge >= 0.3 is 6.09 Å². The Morgan fingerprint density at radius 3 is 2.63 bits per heavy atom. The van der Waals surface area contributed by atoms with Gasteiger partial charge in [-0.15, -0.1) is 0 Å². The highest BCUT2D eigenvalue weighted by molar-refractivity contribution is 5.85. The molecule has 3 N–H and O–H groups in total. The van der Waals surface area contributed by atoms with Crippen LogP contribution in [0, 0.1) is 0 Å². The Hall–Kier alpha value is -2.56. The summed E-state index contributed by atoms with van der Waals surface area (Å²) in [4.78, 5) is 16.7. The Balaban J connectivity index is 2.08. The van der Waals surface area contributed by atoms with Gasteiger partial charge in [0.2, 0.25) is 0 Å². The zero-order valence-corrected chi connectivity index (χ0v) is 10.4. The lowest BCUT2D eigenvalue weighted by Gasteiger charge is -2.18. The number of aromatic nitrogens is 1. The van der Waals surface area contributed by atoms with E-state index in [1.165, 1.54) is 4.90 Å². The fourth-order valence-electron chi connectivity index (χ4n) is 1.80. The number of pyridine rings is 1. The number of carboxylic acid groups (broad SMARTS) is 1. The lowest BCUT2D eigenvalue weighted by Crippen LogP contribution is -2.31. The molecule has 1 aromatic carbocycles. The second kappa shape index (κ2) is 5.86. The summed E-state index contributed by atoms with van der Waals surface area (Å²) in [5, 5.41) is 9.24. The van der Waals surface area contributed by atoms with Crippen molar-refractivity contribution in [1.82, 2.24) is 4.98 Å². The maximum Gasteiger partial charge on any atom is 0.411 e.